The van der Waals surface area contributed by atoms with Gasteiger partial charge in [-0.1, -0.05) is 20.8 Å². The Balaban J connectivity index is 2.99. The predicted molar refractivity (Wildman–Crippen MR) is 59.8 cm³/mol. The molecule has 0 unspecified atom stereocenters. The highest BCUT2D eigenvalue weighted by molar-refractivity contribution is 7.91. The van der Waals surface area contributed by atoms with Gasteiger partial charge in [0, 0.05) is 0 Å². The van der Waals surface area contributed by atoms with Crippen LogP contribution in [0.1, 0.15) is 47.5 Å². The number of hydrogen-bond donors (Lipinski definition) is 2. The van der Waals surface area contributed by atoms with E-state index in [-0.39, 0.29) is 5.41 Å². The molecule has 1 fully saturated rings. The first kappa shape index (κ1) is 12.9. The van der Waals surface area contributed by atoms with Gasteiger partial charge in [0.15, 0.2) is 0 Å². The van der Waals surface area contributed by atoms with Gasteiger partial charge >= 0.3 is 0 Å². The van der Waals surface area contributed by atoms with Crippen LogP contribution in [0.2, 0.25) is 0 Å². The molecule has 0 aromatic carbocycles. The van der Waals surface area contributed by atoms with Crippen molar-refractivity contribution < 1.29 is 13.5 Å². The Morgan fingerprint density at radius 1 is 1.13 bits per heavy atom. The zero-order chi connectivity index (χ0) is 12.1. The van der Waals surface area contributed by atoms with Crippen LogP contribution in [0.5, 0.6) is 0 Å². The molecule has 0 radical (unpaired) electrons. The Labute approximate surface area is 92.1 Å². The van der Waals surface area contributed by atoms with Crippen molar-refractivity contribution in [1.82, 2.24) is 4.72 Å². The second-order valence-corrected chi connectivity index (χ2v) is 7.90. The minimum atomic E-state index is -3.46. The SMILES string of the molecule is CC(C)(O)NS(=O)(=O)C1(C(C)(C)C)CC1. The lowest BCUT2D eigenvalue weighted by Crippen LogP contribution is -2.52. The molecule has 0 heterocycles. The van der Waals surface area contributed by atoms with Crippen molar-refractivity contribution >= 4 is 10.0 Å². The molecule has 0 aliphatic heterocycles. The molecule has 5 heteroatoms. The molecule has 1 aliphatic carbocycles. The normalized spacial score (nSPS) is 21.5. The van der Waals surface area contributed by atoms with Gasteiger partial charge in [-0.25, -0.2) is 8.42 Å². The highest BCUT2D eigenvalue weighted by Gasteiger charge is 2.62. The van der Waals surface area contributed by atoms with Gasteiger partial charge < -0.3 is 5.11 Å². The number of rotatable bonds is 3. The molecule has 0 spiro atoms. The molecule has 15 heavy (non-hydrogen) atoms. The summed E-state index contributed by atoms with van der Waals surface area (Å²) in [5, 5.41) is 9.52. The summed E-state index contributed by atoms with van der Waals surface area (Å²) >= 11 is 0. The summed E-state index contributed by atoms with van der Waals surface area (Å²) in [5.74, 6) is 0. The largest absolute Gasteiger partial charge is 0.375 e. The highest BCUT2D eigenvalue weighted by Crippen LogP contribution is 2.55. The van der Waals surface area contributed by atoms with E-state index >= 15 is 0 Å². The highest BCUT2D eigenvalue weighted by atomic mass is 32.2. The van der Waals surface area contributed by atoms with Crippen LogP contribution in [0, 0.1) is 5.41 Å². The fraction of sp³-hybridized carbons (Fsp3) is 1.00. The number of aliphatic hydroxyl groups is 1. The quantitative estimate of drug-likeness (QED) is 0.723. The fourth-order valence-electron chi connectivity index (χ4n) is 1.96. The number of sulfonamides is 1. The second-order valence-electron chi connectivity index (χ2n) is 5.91. The molecule has 1 saturated carbocycles. The first-order valence-electron chi connectivity index (χ1n) is 5.17. The summed E-state index contributed by atoms with van der Waals surface area (Å²) in [6.07, 6.45) is 1.34. The maximum Gasteiger partial charge on any atom is 0.220 e. The Bertz CT molecular complexity index is 342. The molecule has 90 valence electrons. The third-order valence-electron chi connectivity index (χ3n) is 2.97. The van der Waals surface area contributed by atoms with Gasteiger partial charge in [0.1, 0.15) is 5.72 Å². The van der Waals surface area contributed by atoms with Crippen LogP contribution in [0.15, 0.2) is 0 Å². The molecule has 0 aromatic rings. The molecular weight excluding hydrogens is 214 g/mol. The Morgan fingerprint density at radius 2 is 1.53 bits per heavy atom. The zero-order valence-electron chi connectivity index (χ0n) is 10.1. The van der Waals surface area contributed by atoms with Crippen molar-refractivity contribution in [2.24, 2.45) is 5.41 Å². The van der Waals surface area contributed by atoms with Crippen LogP contribution < -0.4 is 4.72 Å². The lowest BCUT2D eigenvalue weighted by Gasteiger charge is -2.33. The van der Waals surface area contributed by atoms with Gasteiger partial charge in [0.2, 0.25) is 10.0 Å². The van der Waals surface area contributed by atoms with E-state index in [2.05, 4.69) is 4.72 Å². The van der Waals surface area contributed by atoms with Crippen molar-refractivity contribution in [3.63, 3.8) is 0 Å². The Morgan fingerprint density at radius 3 is 1.73 bits per heavy atom. The van der Waals surface area contributed by atoms with E-state index in [0.717, 1.165) is 0 Å². The van der Waals surface area contributed by atoms with E-state index in [1.807, 2.05) is 20.8 Å². The van der Waals surface area contributed by atoms with Gasteiger partial charge in [-0.2, -0.15) is 4.72 Å². The third kappa shape index (κ3) is 2.34. The van der Waals surface area contributed by atoms with Gasteiger partial charge in [-0.3, -0.25) is 0 Å². The topological polar surface area (TPSA) is 66.4 Å². The lowest BCUT2D eigenvalue weighted by molar-refractivity contribution is 0.0679. The van der Waals surface area contributed by atoms with Crippen LogP contribution in [-0.2, 0) is 10.0 Å². The van der Waals surface area contributed by atoms with Gasteiger partial charge in [-0.05, 0) is 32.1 Å². The lowest BCUT2D eigenvalue weighted by atomic mass is 9.90. The third-order valence-corrected chi connectivity index (χ3v) is 5.79. The van der Waals surface area contributed by atoms with Crippen molar-refractivity contribution in [3.05, 3.63) is 0 Å². The van der Waals surface area contributed by atoms with Crippen LogP contribution in [0.25, 0.3) is 0 Å². The van der Waals surface area contributed by atoms with Crippen LogP contribution in [-0.4, -0.2) is 24.0 Å². The van der Waals surface area contributed by atoms with Crippen molar-refractivity contribution in [3.8, 4) is 0 Å². The standard InChI is InChI=1S/C10H21NO3S/c1-8(2,3)10(6-7-10)15(13,14)11-9(4,5)12/h11-12H,6-7H2,1-5H3. The van der Waals surface area contributed by atoms with Gasteiger partial charge in [0.25, 0.3) is 0 Å². The second kappa shape index (κ2) is 3.18. The van der Waals surface area contributed by atoms with Crippen molar-refractivity contribution in [2.45, 2.75) is 57.9 Å². The van der Waals surface area contributed by atoms with Crippen LogP contribution in [0.4, 0.5) is 0 Å². The zero-order valence-corrected chi connectivity index (χ0v) is 10.9. The molecule has 0 bridgehead atoms. The molecule has 0 saturated heterocycles. The van der Waals surface area contributed by atoms with E-state index < -0.39 is 20.5 Å². The summed E-state index contributed by atoms with van der Waals surface area (Å²) in [6, 6.07) is 0. The number of hydrogen-bond acceptors (Lipinski definition) is 3. The summed E-state index contributed by atoms with van der Waals surface area (Å²) in [4.78, 5) is 0. The van der Waals surface area contributed by atoms with E-state index in [0.29, 0.717) is 12.8 Å². The molecule has 1 rings (SSSR count). The molecule has 0 amide bonds. The Kier molecular flexibility index (Phi) is 2.74. The summed E-state index contributed by atoms with van der Waals surface area (Å²) in [7, 11) is -3.46. The van der Waals surface area contributed by atoms with Crippen LogP contribution >= 0.6 is 0 Å². The van der Waals surface area contributed by atoms with Crippen molar-refractivity contribution in [2.75, 3.05) is 0 Å². The minimum absolute atomic E-state index is 0.302. The van der Waals surface area contributed by atoms with Crippen LogP contribution in [0.3, 0.4) is 0 Å². The maximum atomic E-state index is 12.1. The van der Waals surface area contributed by atoms with E-state index in [1.165, 1.54) is 13.8 Å². The first-order chi connectivity index (χ1) is 6.41. The van der Waals surface area contributed by atoms with Crippen molar-refractivity contribution in [1.29, 1.82) is 0 Å². The first-order valence-corrected chi connectivity index (χ1v) is 6.66. The molecule has 2 N–H and O–H groups in total. The van der Waals surface area contributed by atoms with E-state index in [1.54, 1.807) is 0 Å². The van der Waals surface area contributed by atoms with E-state index in [9.17, 15) is 13.5 Å². The summed E-state index contributed by atoms with van der Waals surface area (Å²) in [5.41, 5.74) is -1.69. The van der Waals surface area contributed by atoms with Gasteiger partial charge in [0.05, 0.1) is 4.75 Å². The molecule has 0 aromatic heterocycles. The molecular formula is C10H21NO3S. The molecule has 1 aliphatic rings. The Hall–Kier alpha value is -0.130. The predicted octanol–water partition coefficient (Wildman–Crippen LogP) is 1.21. The molecule has 0 atom stereocenters. The monoisotopic (exact) mass is 235 g/mol. The summed E-state index contributed by atoms with van der Waals surface area (Å²) < 4.78 is 25.8. The average Bonchev–Trinajstić information content (AvgIpc) is 2.53. The fourth-order valence-corrected chi connectivity index (χ4v) is 4.26. The smallest absolute Gasteiger partial charge is 0.220 e. The maximum absolute atomic E-state index is 12.1. The number of nitrogens with one attached hydrogen (secondary N) is 1. The average molecular weight is 235 g/mol. The minimum Gasteiger partial charge on any atom is -0.375 e. The van der Waals surface area contributed by atoms with E-state index in [4.69, 9.17) is 0 Å². The summed E-state index contributed by atoms with van der Waals surface area (Å²) in [6.45, 7) is 8.63. The molecule has 4 nitrogen and oxygen atoms in total. The van der Waals surface area contributed by atoms with Gasteiger partial charge in [-0.15, -0.1) is 0 Å².